The quantitative estimate of drug-likeness (QED) is 0.0125. The van der Waals surface area contributed by atoms with Crippen LogP contribution in [-0.2, 0) is 112 Å². The van der Waals surface area contributed by atoms with Crippen LogP contribution in [0.1, 0.15) is 158 Å². The maximum atomic E-state index is 14.3. The molecule has 1 unspecified atom stereocenters. The number of nitrogens with one attached hydrogen (secondary N) is 13. The number of benzene rings is 1. The largest absolute Gasteiger partial charge is 0.481 e. The Labute approximate surface area is 647 Å². The van der Waals surface area contributed by atoms with E-state index in [9.17, 15) is 146 Å². The molecule has 0 aliphatic heterocycles. The Bertz CT molecular complexity index is 3650. The minimum Gasteiger partial charge on any atom is -0.481 e. The normalized spacial score (nSPS) is 13.7. The van der Waals surface area contributed by atoms with E-state index in [2.05, 4.69) is 53.2 Å². The van der Waals surface area contributed by atoms with Crippen molar-refractivity contribution in [1.29, 1.82) is 5.41 Å². The van der Waals surface area contributed by atoms with E-state index in [0.29, 0.717) is 12.0 Å². The summed E-state index contributed by atoms with van der Waals surface area (Å²) < 4.78 is 5.37. The van der Waals surface area contributed by atoms with Crippen LogP contribution in [0.3, 0.4) is 0 Å². The highest BCUT2D eigenvalue weighted by molar-refractivity contribution is 6.00. The first-order chi connectivity index (χ1) is 53.4. The van der Waals surface area contributed by atoms with E-state index >= 15 is 0 Å². The number of Topliss-reactive ketones (excluding diaryl/α,β-unsaturated/α-hetero) is 2. The van der Waals surface area contributed by atoms with Crippen molar-refractivity contribution in [1.82, 2.24) is 63.8 Å². The van der Waals surface area contributed by atoms with Gasteiger partial charge < -0.3 is 126 Å². The lowest BCUT2D eigenvalue weighted by Gasteiger charge is -2.28. The molecule has 0 spiro atoms. The molecule has 11 atom stereocenters. The number of ether oxygens (including phenoxy) is 1. The number of hydrogen-bond donors (Lipinski definition) is 24. The van der Waals surface area contributed by atoms with E-state index in [1.807, 2.05) is 10.6 Å². The van der Waals surface area contributed by atoms with Crippen LogP contribution in [0.25, 0.3) is 0 Å². The van der Waals surface area contributed by atoms with Gasteiger partial charge in [-0.05, 0) is 90.0 Å². The number of rotatable bonds is 60. The van der Waals surface area contributed by atoms with Gasteiger partial charge in [0.25, 0.3) is 0 Å². The molecule has 0 bridgehead atoms. The van der Waals surface area contributed by atoms with Gasteiger partial charge in [-0.1, -0.05) is 24.3 Å². The molecule has 114 heavy (non-hydrogen) atoms. The van der Waals surface area contributed by atoms with Gasteiger partial charge in [-0.3, -0.25) is 111 Å². The number of carboxylic acid groups (broad SMARTS) is 9. The van der Waals surface area contributed by atoms with Crippen molar-refractivity contribution >= 4 is 136 Å². The van der Waals surface area contributed by atoms with Crippen molar-refractivity contribution < 1.29 is 156 Å². The van der Waals surface area contributed by atoms with Crippen LogP contribution in [0.15, 0.2) is 24.3 Å². The standard InChI is InChI=1S/C67H97N15O32/c1-32(83)35-7-5-34(6-8-35)30-46(58(105)71-28-29-114-31-47(85)73-37(33(2)84)4-3-27-72-67(69)70)82-66(113)45(17-26-56(102)103)81-65(112)44(16-25-55(100)101)80-64(111)43(15-24-54(98)99)79-63(110)42(14-23-53(96)97)78-62(109)41(13-22-52(94)95)77-61(108)40(12-21-51(92)93)76-60(107)39(11-20-50(90)91)75-59(106)38(10-19-49(88)89)74-57(104)36(68)9-18-48(86)87/h5-8,36-46H,3-4,9-31,68H2,1-2H3,(H,71,105)(H,73,85)(H,74,104)(H,75,106)(H,76,107)(H,77,108)(H,78,109)(H,79,110)(H,80,111)(H,81,112)(H,82,113)(H,86,87)(H,88,89)(H,90,91)(H,92,93)(H,94,95)(H,96,97)(H,98,99)(H,100,101)(H,102,103)(H4,69,70,72)/t36-,37-,38-,39-,40-,41-,42-,43-,44-,45-,46?/m1/s1. The second kappa shape index (κ2) is 52.3. The number of guanidine groups is 1. The zero-order chi connectivity index (χ0) is 86.5. The highest BCUT2D eigenvalue weighted by Crippen LogP contribution is 2.14. The highest BCUT2D eigenvalue weighted by Gasteiger charge is 2.38. The molecule has 0 aromatic heterocycles. The van der Waals surface area contributed by atoms with Gasteiger partial charge in [-0.15, -0.1) is 0 Å². The number of carboxylic acids is 9. The zero-order valence-electron chi connectivity index (χ0n) is 61.9. The van der Waals surface area contributed by atoms with Gasteiger partial charge >= 0.3 is 53.7 Å². The topological polar surface area (TPSA) is 787 Å². The SMILES string of the molecule is CC(=O)c1ccc(CC(NC(=O)[C@@H](CCC(=O)O)NC(=O)[C@@H](CCC(=O)O)NC(=O)[C@@H](CCC(=O)O)NC(=O)[C@@H](CCC(=O)O)NC(=O)[C@@H](CCC(=O)O)NC(=O)[C@@H](CCC(=O)O)NC(=O)[C@@H](CCC(=O)O)NC(=O)[C@@H](CCC(=O)O)NC(=O)[C@H](N)CCC(=O)O)C(=O)NCCOCC(=O)N[C@H](CCCNC(=N)N)C(C)=O)cc1. The lowest BCUT2D eigenvalue weighted by atomic mass is 10.0. The second-order valence-electron chi connectivity index (χ2n) is 25.6. The first-order valence-electron chi connectivity index (χ1n) is 35.2. The van der Waals surface area contributed by atoms with Crippen molar-refractivity contribution in [3.8, 4) is 0 Å². The van der Waals surface area contributed by atoms with Gasteiger partial charge in [0.1, 0.15) is 61.0 Å². The highest BCUT2D eigenvalue weighted by atomic mass is 16.5. The molecular weight excluding hydrogens is 1530 g/mol. The Morgan fingerprint density at radius 2 is 0.614 bits per heavy atom. The molecule has 47 nitrogen and oxygen atoms in total. The first kappa shape index (κ1) is 99.2. The van der Waals surface area contributed by atoms with Crippen LogP contribution in [0, 0.1) is 5.41 Å². The summed E-state index contributed by atoms with van der Waals surface area (Å²) >= 11 is 0. The number of amides is 11. The fourth-order valence-electron chi connectivity index (χ4n) is 10.2. The predicted octanol–water partition coefficient (Wildman–Crippen LogP) is -6.62. The van der Waals surface area contributed by atoms with Crippen LogP contribution in [-0.4, -0.2) is 275 Å². The van der Waals surface area contributed by atoms with E-state index < -0.39 is 307 Å². The molecule has 11 amide bonds. The molecule has 0 aliphatic carbocycles. The summed E-state index contributed by atoms with van der Waals surface area (Å²) in [5.74, 6) is -29.9. The summed E-state index contributed by atoms with van der Waals surface area (Å²) in [6, 6.07) is -15.2. The van der Waals surface area contributed by atoms with Crippen molar-refractivity contribution in [2.45, 2.75) is 215 Å². The molecule has 47 heteroatoms. The van der Waals surface area contributed by atoms with Gasteiger partial charge in [-0.2, -0.15) is 0 Å². The smallest absolute Gasteiger partial charge is 0.303 e. The Morgan fingerprint density at radius 1 is 0.342 bits per heavy atom. The second-order valence-corrected chi connectivity index (χ2v) is 25.6. The van der Waals surface area contributed by atoms with Gasteiger partial charge in [0.2, 0.25) is 65.0 Å². The average molecular weight is 1620 g/mol. The summed E-state index contributed by atoms with van der Waals surface area (Å²) in [5.41, 5.74) is 11.6. The average Bonchev–Trinajstić information content (AvgIpc) is 0.863. The maximum absolute atomic E-state index is 14.3. The van der Waals surface area contributed by atoms with Gasteiger partial charge in [0, 0.05) is 82.9 Å². The van der Waals surface area contributed by atoms with Crippen molar-refractivity contribution in [2.24, 2.45) is 11.5 Å². The van der Waals surface area contributed by atoms with E-state index in [-0.39, 0.29) is 55.6 Å². The molecule has 1 aromatic carbocycles. The molecule has 26 N–H and O–H groups in total. The minimum absolute atomic E-state index is 0.176. The summed E-state index contributed by atoms with van der Waals surface area (Å²) in [7, 11) is 0. The monoisotopic (exact) mass is 1620 g/mol. The van der Waals surface area contributed by atoms with Crippen LogP contribution in [0.4, 0.5) is 0 Å². The number of ketones is 2. The molecule has 0 saturated heterocycles. The minimum atomic E-state index is -2.20. The third kappa shape index (κ3) is 42.9. The van der Waals surface area contributed by atoms with E-state index in [1.165, 1.54) is 38.1 Å². The summed E-state index contributed by atoms with van der Waals surface area (Å²) in [6.07, 6.45) is -15.7. The zero-order valence-corrected chi connectivity index (χ0v) is 61.9. The van der Waals surface area contributed by atoms with Crippen LogP contribution in [0.2, 0.25) is 0 Å². The Kier molecular flexibility index (Phi) is 45.5. The fraction of sp³-hybridized carbons (Fsp3) is 0.567. The van der Waals surface area contributed by atoms with Crippen LogP contribution < -0.4 is 75.3 Å². The number of nitrogens with two attached hydrogens (primary N) is 2. The van der Waals surface area contributed by atoms with Crippen molar-refractivity contribution in [3.05, 3.63) is 35.4 Å². The van der Waals surface area contributed by atoms with Crippen LogP contribution >= 0.6 is 0 Å². The van der Waals surface area contributed by atoms with E-state index in [0.717, 1.165) is 0 Å². The third-order valence-electron chi connectivity index (χ3n) is 16.3. The van der Waals surface area contributed by atoms with Crippen LogP contribution in [0.5, 0.6) is 0 Å². The first-order valence-corrected chi connectivity index (χ1v) is 35.2. The summed E-state index contributed by atoms with van der Waals surface area (Å²) in [5, 5.41) is 120. The summed E-state index contributed by atoms with van der Waals surface area (Å²) in [6.45, 7) is 1.45. The lowest BCUT2D eigenvalue weighted by molar-refractivity contribution is -0.141. The molecule has 0 fully saturated rings. The number of aliphatic carboxylic acids is 9. The van der Waals surface area contributed by atoms with Gasteiger partial charge in [0.15, 0.2) is 17.5 Å². The molecule has 0 heterocycles. The molecule has 0 aliphatic rings. The molecule has 1 rings (SSSR count). The number of hydrogen-bond acceptors (Lipinski definition) is 25. The van der Waals surface area contributed by atoms with E-state index in [1.54, 1.807) is 0 Å². The number of carbonyl (C=O) groups is 22. The fourth-order valence-corrected chi connectivity index (χ4v) is 10.2. The lowest BCUT2D eigenvalue weighted by Crippen LogP contribution is -2.60. The van der Waals surface area contributed by atoms with Gasteiger partial charge in [-0.25, -0.2) is 0 Å². The summed E-state index contributed by atoms with van der Waals surface area (Å²) in [4.78, 5) is 283. The molecule has 632 valence electrons. The molecule has 1 aromatic rings. The predicted molar refractivity (Wildman–Crippen MR) is 383 cm³/mol. The third-order valence-corrected chi connectivity index (χ3v) is 16.3. The van der Waals surface area contributed by atoms with E-state index in [4.69, 9.17) is 26.7 Å². The molecule has 0 saturated carbocycles. The Morgan fingerprint density at radius 3 is 0.877 bits per heavy atom. The molecule has 0 radical (unpaired) electrons. The van der Waals surface area contributed by atoms with Gasteiger partial charge in [0.05, 0.1) is 18.7 Å². The molecular formula is C67H97N15O32. The number of carbonyl (C=O) groups excluding carboxylic acids is 13. The maximum Gasteiger partial charge on any atom is 0.303 e. The Balaban J connectivity index is 3.78. The van der Waals surface area contributed by atoms with Crippen molar-refractivity contribution in [2.75, 3.05) is 26.3 Å². The van der Waals surface area contributed by atoms with Crippen molar-refractivity contribution in [3.63, 3.8) is 0 Å². The Hall–Kier alpha value is -12.8.